The lowest BCUT2D eigenvalue weighted by molar-refractivity contribution is -0.117. The van der Waals surface area contributed by atoms with Gasteiger partial charge in [-0.2, -0.15) is 0 Å². The number of nitrogens with zero attached hydrogens (tertiary/aromatic N) is 1. The molecular formula is C9H13NO3. The molecule has 0 unspecified atom stereocenters. The number of carbonyl (C=O) groups excluding carboxylic acids is 1. The molecule has 2 bridgehead atoms. The average Bonchev–Trinajstić information content (AvgIpc) is 2.42. The molecule has 0 radical (unpaired) electrons. The number of fused-ring (bicyclic) bond motifs is 2. The minimum Gasteiger partial charge on any atom is -0.465 e. The minimum atomic E-state index is -0.891. The largest absolute Gasteiger partial charge is 0.465 e. The Bertz CT molecular complexity index is 253. The van der Waals surface area contributed by atoms with Gasteiger partial charge in [-0.3, -0.25) is 0 Å². The van der Waals surface area contributed by atoms with Gasteiger partial charge in [0.15, 0.2) is 0 Å². The quantitative estimate of drug-likeness (QED) is 0.616. The van der Waals surface area contributed by atoms with Crippen LogP contribution in [-0.4, -0.2) is 35.5 Å². The molecule has 1 N–H and O–H groups in total. The minimum absolute atomic E-state index is 0.346. The molecule has 0 aromatic heterocycles. The molecule has 1 heterocycles. The second-order valence-electron chi connectivity index (χ2n) is 4.25. The van der Waals surface area contributed by atoms with Crippen molar-refractivity contribution in [2.75, 3.05) is 13.1 Å². The monoisotopic (exact) mass is 183 g/mol. The fraction of sp³-hybridized carbons (Fsp3) is 0.778. The molecule has 2 rings (SSSR count). The van der Waals surface area contributed by atoms with Crippen molar-refractivity contribution in [2.24, 2.45) is 11.3 Å². The lowest BCUT2D eigenvalue weighted by Crippen LogP contribution is -2.45. The fourth-order valence-corrected chi connectivity index (χ4v) is 2.62. The van der Waals surface area contributed by atoms with Crippen molar-refractivity contribution >= 4 is 12.4 Å². The second-order valence-corrected chi connectivity index (χ2v) is 4.25. The number of hydrogen-bond donors (Lipinski definition) is 1. The van der Waals surface area contributed by atoms with Gasteiger partial charge in [0, 0.05) is 18.5 Å². The van der Waals surface area contributed by atoms with E-state index in [9.17, 15) is 9.59 Å². The molecule has 1 amide bonds. The van der Waals surface area contributed by atoms with Crippen LogP contribution in [0.25, 0.3) is 0 Å². The summed E-state index contributed by atoms with van der Waals surface area (Å²) >= 11 is 0. The molecule has 1 aliphatic heterocycles. The zero-order chi connectivity index (χ0) is 9.47. The number of aldehydes is 1. The predicted octanol–water partition coefficient (Wildman–Crippen LogP) is 0.965. The highest BCUT2D eigenvalue weighted by atomic mass is 16.4. The van der Waals surface area contributed by atoms with Crippen LogP contribution in [0, 0.1) is 11.3 Å². The first-order valence-corrected chi connectivity index (χ1v) is 4.59. The number of hydrogen-bond acceptors (Lipinski definition) is 2. The summed E-state index contributed by atoms with van der Waals surface area (Å²) in [5.74, 6) is 0.412. The Morgan fingerprint density at radius 1 is 1.62 bits per heavy atom. The van der Waals surface area contributed by atoms with Crippen molar-refractivity contribution in [3.63, 3.8) is 0 Å². The summed E-state index contributed by atoms with van der Waals surface area (Å²) in [5.41, 5.74) is -0.346. The van der Waals surface area contributed by atoms with Crippen molar-refractivity contribution < 1.29 is 14.7 Å². The molecule has 1 saturated carbocycles. The van der Waals surface area contributed by atoms with Gasteiger partial charge in [0.25, 0.3) is 0 Å². The van der Waals surface area contributed by atoms with Crippen LogP contribution < -0.4 is 0 Å². The first-order chi connectivity index (χ1) is 6.15. The van der Waals surface area contributed by atoms with Crippen molar-refractivity contribution in [2.45, 2.75) is 19.3 Å². The van der Waals surface area contributed by atoms with Crippen LogP contribution in [0.3, 0.4) is 0 Å². The molecule has 1 saturated heterocycles. The van der Waals surface area contributed by atoms with Crippen molar-refractivity contribution in [3.05, 3.63) is 0 Å². The molecule has 2 fully saturated rings. The van der Waals surface area contributed by atoms with Crippen LogP contribution in [0.2, 0.25) is 0 Å². The van der Waals surface area contributed by atoms with E-state index in [1.807, 2.05) is 0 Å². The van der Waals surface area contributed by atoms with E-state index in [0.717, 1.165) is 25.5 Å². The Hall–Kier alpha value is -1.06. The molecule has 0 aromatic rings. The van der Waals surface area contributed by atoms with E-state index in [-0.39, 0.29) is 5.41 Å². The van der Waals surface area contributed by atoms with Crippen LogP contribution in [0.5, 0.6) is 0 Å². The molecule has 13 heavy (non-hydrogen) atoms. The Labute approximate surface area is 76.5 Å². The molecule has 72 valence electrons. The summed E-state index contributed by atoms with van der Waals surface area (Å²) in [5, 5.41) is 8.82. The average molecular weight is 183 g/mol. The number of carbonyl (C=O) groups is 2. The van der Waals surface area contributed by atoms with Gasteiger partial charge < -0.3 is 14.8 Å². The van der Waals surface area contributed by atoms with Crippen molar-refractivity contribution in [1.82, 2.24) is 4.90 Å². The van der Waals surface area contributed by atoms with E-state index < -0.39 is 6.09 Å². The smallest absolute Gasteiger partial charge is 0.407 e. The summed E-state index contributed by atoms with van der Waals surface area (Å²) in [6, 6.07) is 0. The van der Waals surface area contributed by atoms with Gasteiger partial charge in [-0.05, 0) is 25.2 Å². The number of amides is 1. The zero-order valence-corrected chi connectivity index (χ0v) is 7.40. The van der Waals surface area contributed by atoms with E-state index >= 15 is 0 Å². The topological polar surface area (TPSA) is 57.6 Å². The molecule has 2 atom stereocenters. The molecule has 0 spiro atoms. The molecule has 4 nitrogen and oxygen atoms in total. The predicted molar refractivity (Wildman–Crippen MR) is 45.4 cm³/mol. The van der Waals surface area contributed by atoms with Crippen LogP contribution in [0.4, 0.5) is 4.79 Å². The summed E-state index contributed by atoms with van der Waals surface area (Å²) in [6.07, 6.45) is 2.83. The van der Waals surface area contributed by atoms with Gasteiger partial charge in [-0.1, -0.05) is 0 Å². The van der Waals surface area contributed by atoms with E-state index in [1.54, 1.807) is 0 Å². The lowest BCUT2D eigenvalue weighted by Gasteiger charge is -2.35. The molecule has 2 aliphatic rings. The first-order valence-electron chi connectivity index (χ1n) is 4.59. The van der Waals surface area contributed by atoms with E-state index in [1.165, 1.54) is 4.90 Å². The van der Waals surface area contributed by atoms with Crippen LogP contribution >= 0.6 is 0 Å². The SMILES string of the molecule is O=C[C@@]12CC[C@@H](CN(C(=O)O)C1)C2. The molecular weight excluding hydrogens is 170 g/mol. The van der Waals surface area contributed by atoms with Crippen LogP contribution in [0.15, 0.2) is 0 Å². The van der Waals surface area contributed by atoms with E-state index in [4.69, 9.17) is 5.11 Å². The van der Waals surface area contributed by atoms with Gasteiger partial charge in [0.05, 0.1) is 0 Å². The maximum atomic E-state index is 10.9. The Balaban J connectivity index is 2.17. The summed E-state index contributed by atoms with van der Waals surface area (Å²) in [4.78, 5) is 23.0. The zero-order valence-electron chi connectivity index (χ0n) is 7.40. The third-order valence-electron chi connectivity index (χ3n) is 3.25. The molecule has 1 aliphatic carbocycles. The Morgan fingerprint density at radius 3 is 3.00 bits per heavy atom. The Morgan fingerprint density at radius 2 is 2.38 bits per heavy atom. The highest BCUT2D eigenvalue weighted by Crippen LogP contribution is 2.44. The number of piperidine rings is 1. The second kappa shape index (κ2) is 2.72. The third kappa shape index (κ3) is 1.30. The van der Waals surface area contributed by atoms with Crippen molar-refractivity contribution in [1.29, 1.82) is 0 Å². The van der Waals surface area contributed by atoms with E-state index in [2.05, 4.69) is 0 Å². The highest BCUT2D eigenvalue weighted by Gasteiger charge is 2.46. The summed E-state index contributed by atoms with van der Waals surface area (Å²) in [6.45, 7) is 1.02. The normalized spacial score (nSPS) is 37.5. The third-order valence-corrected chi connectivity index (χ3v) is 3.25. The number of rotatable bonds is 1. The number of carboxylic acid groups (broad SMARTS) is 1. The first kappa shape index (κ1) is 8.53. The van der Waals surface area contributed by atoms with Gasteiger partial charge >= 0.3 is 6.09 Å². The standard InChI is InChI=1S/C9H13NO3/c11-6-9-2-1-7(3-9)4-10(5-9)8(12)13/h6-7H,1-5H2,(H,12,13)/t7-,9-/m1/s1. The molecule has 4 heteroatoms. The van der Waals surface area contributed by atoms with Gasteiger partial charge in [-0.25, -0.2) is 4.79 Å². The summed E-state index contributed by atoms with van der Waals surface area (Å²) < 4.78 is 0. The van der Waals surface area contributed by atoms with Crippen molar-refractivity contribution in [3.8, 4) is 0 Å². The van der Waals surface area contributed by atoms with Gasteiger partial charge in [0.2, 0.25) is 0 Å². The number of likely N-dealkylation sites (tertiary alicyclic amines) is 1. The Kier molecular flexibility index (Phi) is 1.78. The van der Waals surface area contributed by atoms with Crippen LogP contribution in [0.1, 0.15) is 19.3 Å². The maximum Gasteiger partial charge on any atom is 0.407 e. The summed E-state index contributed by atoms with van der Waals surface area (Å²) in [7, 11) is 0. The van der Waals surface area contributed by atoms with E-state index in [0.29, 0.717) is 19.0 Å². The fourth-order valence-electron chi connectivity index (χ4n) is 2.62. The van der Waals surface area contributed by atoms with Gasteiger partial charge in [-0.15, -0.1) is 0 Å². The molecule has 0 aromatic carbocycles. The highest BCUT2D eigenvalue weighted by molar-refractivity contribution is 5.68. The maximum absolute atomic E-state index is 10.9. The lowest BCUT2D eigenvalue weighted by atomic mass is 9.84. The van der Waals surface area contributed by atoms with Crippen LogP contribution in [-0.2, 0) is 4.79 Å². The van der Waals surface area contributed by atoms with Gasteiger partial charge in [0.1, 0.15) is 6.29 Å².